The van der Waals surface area contributed by atoms with E-state index in [0.29, 0.717) is 0 Å². The Bertz CT molecular complexity index is 429. The van der Waals surface area contributed by atoms with E-state index in [9.17, 15) is 0 Å². The van der Waals surface area contributed by atoms with Gasteiger partial charge in [0.1, 0.15) is 5.75 Å². The molecule has 18 heavy (non-hydrogen) atoms. The fraction of sp³-hybridized carbons (Fsp3) is 0.600. The van der Waals surface area contributed by atoms with Crippen LogP contribution >= 0.6 is 15.9 Å². The smallest absolute Gasteiger partial charge is 0.136 e. The van der Waals surface area contributed by atoms with Gasteiger partial charge in [-0.15, -0.1) is 0 Å². The third-order valence-corrected chi connectivity index (χ3v) is 4.24. The Morgan fingerprint density at radius 2 is 2.06 bits per heavy atom. The van der Waals surface area contributed by atoms with Crippen LogP contribution in [0.4, 0.5) is 0 Å². The van der Waals surface area contributed by atoms with E-state index in [-0.39, 0.29) is 6.04 Å². The van der Waals surface area contributed by atoms with Crippen molar-refractivity contribution in [2.45, 2.75) is 51.5 Å². The number of halogens is 1. The molecule has 3 heteroatoms. The highest BCUT2D eigenvalue weighted by Gasteiger charge is 2.19. The van der Waals surface area contributed by atoms with Crippen LogP contribution in [0.15, 0.2) is 10.5 Å². The van der Waals surface area contributed by atoms with Crippen LogP contribution in [0.5, 0.6) is 5.75 Å². The minimum atomic E-state index is 0.167. The van der Waals surface area contributed by atoms with Crippen LogP contribution in [-0.4, -0.2) is 13.2 Å². The monoisotopic (exact) mass is 311 g/mol. The van der Waals surface area contributed by atoms with Crippen molar-refractivity contribution in [1.82, 2.24) is 0 Å². The van der Waals surface area contributed by atoms with Gasteiger partial charge in [0.25, 0.3) is 0 Å². The van der Waals surface area contributed by atoms with Crippen LogP contribution in [0.2, 0.25) is 0 Å². The molecule has 0 saturated carbocycles. The first-order valence-corrected chi connectivity index (χ1v) is 7.55. The van der Waals surface area contributed by atoms with E-state index in [4.69, 9.17) is 10.5 Å². The van der Waals surface area contributed by atoms with Gasteiger partial charge in [0.05, 0.1) is 11.6 Å². The predicted molar refractivity (Wildman–Crippen MR) is 79.3 cm³/mol. The molecule has 0 heterocycles. The molecule has 1 aliphatic carbocycles. The molecule has 0 bridgehead atoms. The van der Waals surface area contributed by atoms with Crippen molar-refractivity contribution in [3.05, 3.63) is 27.2 Å². The van der Waals surface area contributed by atoms with Crippen molar-refractivity contribution in [2.24, 2.45) is 5.73 Å². The molecule has 1 aromatic carbocycles. The quantitative estimate of drug-likeness (QED) is 0.865. The highest BCUT2D eigenvalue weighted by atomic mass is 79.9. The number of hydrogen-bond acceptors (Lipinski definition) is 2. The normalized spacial score (nSPS) is 16.9. The lowest BCUT2D eigenvalue weighted by Gasteiger charge is -2.19. The summed E-state index contributed by atoms with van der Waals surface area (Å²) in [7, 11) is 1.74. The Morgan fingerprint density at radius 1 is 1.33 bits per heavy atom. The molecule has 1 aliphatic rings. The molecule has 0 amide bonds. The highest BCUT2D eigenvalue weighted by molar-refractivity contribution is 9.10. The molecule has 1 atom stereocenters. The number of methoxy groups -OCH3 is 1. The lowest BCUT2D eigenvalue weighted by molar-refractivity contribution is 0.404. The number of rotatable bonds is 3. The summed E-state index contributed by atoms with van der Waals surface area (Å²) in [6, 6.07) is 2.41. The van der Waals surface area contributed by atoms with Gasteiger partial charge in [0, 0.05) is 11.6 Å². The van der Waals surface area contributed by atoms with Crippen LogP contribution in [0.1, 0.15) is 42.9 Å². The maximum Gasteiger partial charge on any atom is 0.136 e. The summed E-state index contributed by atoms with van der Waals surface area (Å²) in [5.74, 6) is 0.980. The zero-order chi connectivity index (χ0) is 13.1. The number of fused-ring (bicyclic) bond motifs is 1. The Hall–Kier alpha value is -0.540. The van der Waals surface area contributed by atoms with Gasteiger partial charge < -0.3 is 10.5 Å². The van der Waals surface area contributed by atoms with Crippen molar-refractivity contribution in [3.8, 4) is 5.75 Å². The average molecular weight is 312 g/mol. The Balaban J connectivity index is 2.53. The molecule has 1 aromatic rings. The fourth-order valence-electron chi connectivity index (χ4n) is 2.87. The first-order valence-electron chi connectivity index (χ1n) is 6.76. The number of aryl methyl sites for hydroxylation is 1. The molecule has 0 saturated heterocycles. The summed E-state index contributed by atoms with van der Waals surface area (Å²) < 4.78 is 6.65. The maximum atomic E-state index is 6.00. The van der Waals surface area contributed by atoms with Gasteiger partial charge in [0.2, 0.25) is 0 Å². The molecule has 0 fully saturated rings. The van der Waals surface area contributed by atoms with Crippen molar-refractivity contribution < 1.29 is 4.74 Å². The van der Waals surface area contributed by atoms with Gasteiger partial charge in [-0.05, 0) is 72.2 Å². The summed E-state index contributed by atoms with van der Waals surface area (Å²) in [4.78, 5) is 0. The summed E-state index contributed by atoms with van der Waals surface area (Å²) in [5.41, 5.74) is 10.3. The standard InChI is InChI=1S/C15H22BrNO/c1-10(17)8-13-12-7-5-3-4-6-11(12)9-14(16)15(13)18-2/h9-10H,3-8,17H2,1-2H3. The van der Waals surface area contributed by atoms with E-state index < -0.39 is 0 Å². The fourth-order valence-corrected chi connectivity index (χ4v) is 3.55. The summed E-state index contributed by atoms with van der Waals surface area (Å²) >= 11 is 3.64. The van der Waals surface area contributed by atoms with Crippen molar-refractivity contribution >= 4 is 15.9 Å². The molecule has 2 rings (SSSR count). The van der Waals surface area contributed by atoms with Gasteiger partial charge in [-0.3, -0.25) is 0 Å². The first kappa shape index (κ1) is 13.9. The first-order chi connectivity index (χ1) is 8.63. The molecule has 0 spiro atoms. The third kappa shape index (κ3) is 2.89. The zero-order valence-electron chi connectivity index (χ0n) is 11.3. The maximum absolute atomic E-state index is 6.00. The van der Waals surface area contributed by atoms with Gasteiger partial charge in [-0.1, -0.05) is 6.42 Å². The van der Waals surface area contributed by atoms with Crippen molar-refractivity contribution in [2.75, 3.05) is 7.11 Å². The summed E-state index contributed by atoms with van der Waals surface area (Å²) in [6.07, 6.45) is 7.15. The number of benzene rings is 1. The molecule has 0 aromatic heterocycles. The van der Waals surface area contributed by atoms with E-state index in [1.807, 2.05) is 0 Å². The van der Waals surface area contributed by atoms with Crippen LogP contribution in [0.25, 0.3) is 0 Å². The second-order valence-electron chi connectivity index (χ2n) is 5.25. The van der Waals surface area contributed by atoms with Crippen LogP contribution in [-0.2, 0) is 19.3 Å². The summed E-state index contributed by atoms with van der Waals surface area (Å²) in [5, 5.41) is 0. The minimum absolute atomic E-state index is 0.167. The molecule has 100 valence electrons. The largest absolute Gasteiger partial charge is 0.495 e. The zero-order valence-corrected chi connectivity index (χ0v) is 12.8. The molecule has 0 aliphatic heterocycles. The summed E-state index contributed by atoms with van der Waals surface area (Å²) in [6.45, 7) is 2.06. The topological polar surface area (TPSA) is 35.2 Å². The van der Waals surface area contributed by atoms with Gasteiger partial charge >= 0.3 is 0 Å². The molecule has 2 N–H and O–H groups in total. The molecular formula is C15H22BrNO. The lowest BCUT2D eigenvalue weighted by atomic mass is 9.92. The van der Waals surface area contributed by atoms with Crippen molar-refractivity contribution in [1.29, 1.82) is 0 Å². The van der Waals surface area contributed by atoms with Crippen molar-refractivity contribution in [3.63, 3.8) is 0 Å². The molecular weight excluding hydrogens is 290 g/mol. The Morgan fingerprint density at radius 3 is 2.72 bits per heavy atom. The predicted octanol–water partition coefficient (Wildman–Crippen LogP) is 3.62. The average Bonchev–Trinajstić information content (AvgIpc) is 2.53. The Labute approximate surface area is 118 Å². The van der Waals surface area contributed by atoms with E-state index in [1.165, 1.54) is 48.8 Å². The minimum Gasteiger partial charge on any atom is -0.495 e. The van der Waals surface area contributed by atoms with Crippen LogP contribution < -0.4 is 10.5 Å². The third-order valence-electron chi connectivity index (χ3n) is 3.65. The Kier molecular flexibility index (Phi) is 4.68. The van der Waals surface area contributed by atoms with E-state index in [2.05, 4.69) is 28.9 Å². The van der Waals surface area contributed by atoms with Gasteiger partial charge in [0.15, 0.2) is 0 Å². The molecule has 1 unspecified atom stereocenters. The molecule has 2 nitrogen and oxygen atoms in total. The van der Waals surface area contributed by atoms with E-state index in [0.717, 1.165) is 16.6 Å². The van der Waals surface area contributed by atoms with Crippen LogP contribution in [0.3, 0.4) is 0 Å². The van der Waals surface area contributed by atoms with E-state index in [1.54, 1.807) is 7.11 Å². The highest BCUT2D eigenvalue weighted by Crippen LogP contribution is 2.37. The lowest BCUT2D eigenvalue weighted by Crippen LogP contribution is -2.20. The van der Waals surface area contributed by atoms with Crippen LogP contribution in [0, 0.1) is 0 Å². The number of ether oxygens (including phenoxy) is 1. The SMILES string of the molecule is COc1c(Br)cc2c(c1CC(C)N)CCCCC2. The number of nitrogens with two attached hydrogens (primary N) is 1. The van der Waals surface area contributed by atoms with Gasteiger partial charge in [-0.25, -0.2) is 0 Å². The number of hydrogen-bond donors (Lipinski definition) is 1. The second-order valence-corrected chi connectivity index (χ2v) is 6.10. The van der Waals surface area contributed by atoms with Gasteiger partial charge in [-0.2, -0.15) is 0 Å². The molecule has 0 radical (unpaired) electrons. The second kappa shape index (κ2) is 6.07. The van der Waals surface area contributed by atoms with E-state index >= 15 is 0 Å².